The highest BCUT2D eigenvalue weighted by atomic mass is 16.1. The van der Waals surface area contributed by atoms with Crippen molar-refractivity contribution in [3.05, 3.63) is 88.6 Å². The molecule has 0 unspecified atom stereocenters. The number of fused-ring (bicyclic) bond motifs is 2. The van der Waals surface area contributed by atoms with E-state index in [1.165, 1.54) is 6.33 Å². The number of hydrogen-bond donors (Lipinski definition) is 0. The van der Waals surface area contributed by atoms with E-state index >= 15 is 0 Å². The SMILES string of the molecule is Cc1cc(C)cc(-n2ccc3nc4ncnn4c(-c4ccccc4)c3c2=O)c1. The largest absolute Gasteiger partial charge is 0.284 e. The van der Waals surface area contributed by atoms with Gasteiger partial charge in [0, 0.05) is 17.4 Å². The Morgan fingerprint density at radius 2 is 1.68 bits per heavy atom. The van der Waals surface area contributed by atoms with Crippen LogP contribution in [0.4, 0.5) is 0 Å². The van der Waals surface area contributed by atoms with Crippen molar-refractivity contribution in [1.29, 1.82) is 0 Å². The van der Waals surface area contributed by atoms with E-state index in [1.54, 1.807) is 15.3 Å². The molecule has 0 amide bonds. The maximum atomic E-state index is 13.6. The van der Waals surface area contributed by atoms with Crippen molar-refractivity contribution in [3.8, 4) is 16.9 Å². The zero-order valence-corrected chi connectivity index (χ0v) is 15.5. The van der Waals surface area contributed by atoms with Crippen LogP contribution in [0, 0.1) is 13.8 Å². The topological polar surface area (TPSA) is 65.1 Å². The first-order chi connectivity index (χ1) is 13.6. The molecule has 0 aliphatic carbocycles. The van der Waals surface area contributed by atoms with Crippen molar-refractivity contribution in [1.82, 2.24) is 24.1 Å². The summed E-state index contributed by atoms with van der Waals surface area (Å²) >= 11 is 0. The monoisotopic (exact) mass is 367 g/mol. The second kappa shape index (κ2) is 6.13. The number of nitrogens with zero attached hydrogens (tertiary/aromatic N) is 5. The second-order valence-electron chi connectivity index (χ2n) is 6.90. The van der Waals surface area contributed by atoms with Gasteiger partial charge in [-0.1, -0.05) is 36.4 Å². The Morgan fingerprint density at radius 1 is 0.929 bits per heavy atom. The molecular formula is C22H17N5O. The predicted molar refractivity (Wildman–Crippen MR) is 109 cm³/mol. The molecular weight excluding hydrogens is 350 g/mol. The smallest absolute Gasteiger partial charge is 0.266 e. The van der Waals surface area contributed by atoms with E-state index in [2.05, 4.69) is 21.1 Å². The van der Waals surface area contributed by atoms with Gasteiger partial charge in [-0.2, -0.15) is 14.6 Å². The Hall–Kier alpha value is -3.80. The molecule has 0 radical (unpaired) electrons. The van der Waals surface area contributed by atoms with Crippen LogP contribution >= 0.6 is 0 Å². The fraction of sp³-hybridized carbons (Fsp3) is 0.0909. The van der Waals surface area contributed by atoms with Crippen molar-refractivity contribution in [3.63, 3.8) is 0 Å². The van der Waals surface area contributed by atoms with Gasteiger partial charge in [0.15, 0.2) is 0 Å². The third kappa shape index (κ3) is 2.50. The Balaban J connectivity index is 1.92. The number of aryl methyl sites for hydroxylation is 2. The molecule has 5 rings (SSSR count). The molecule has 2 aromatic carbocycles. The van der Waals surface area contributed by atoms with E-state index in [9.17, 15) is 4.79 Å². The second-order valence-corrected chi connectivity index (χ2v) is 6.90. The van der Waals surface area contributed by atoms with Gasteiger partial charge in [-0.25, -0.2) is 4.98 Å². The quantitative estimate of drug-likeness (QED) is 0.477. The average Bonchev–Trinajstić information content (AvgIpc) is 3.14. The lowest BCUT2D eigenvalue weighted by atomic mass is 10.1. The molecule has 0 fully saturated rings. The molecule has 0 aliphatic heterocycles. The van der Waals surface area contributed by atoms with Gasteiger partial charge in [0.1, 0.15) is 6.33 Å². The van der Waals surface area contributed by atoms with E-state index in [-0.39, 0.29) is 5.56 Å². The summed E-state index contributed by atoms with van der Waals surface area (Å²) in [7, 11) is 0. The minimum atomic E-state index is -0.133. The van der Waals surface area contributed by atoms with Crippen LogP contribution < -0.4 is 5.56 Å². The minimum Gasteiger partial charge on any atom is -0.284 e. The maximum absolute atomic E-state index is 13.6. The van der Waals surface area contributed by atoms with Crippen LogP contribution in [-0.2, 0) is 0 Å². The van der Waals surface area contributed by atoms with E-state index in [0.717, 1.165) is 22.4 Å². The first-order valence-corrected chi connectivity index (χ1v) is 9.01. The molecule has 0 N–H and O–H groups in total. The third-order valence-electron chi connectivity index (χ3n) is 4.80. The molecule has 0 saturated carbocycles. The molecule has 6 nitrogen and oxygen atoms in total. The molecule has 6 heteroatoms. The fourth-order valence-corrected chi connectivity index (χ4v) is 3.68. The van der Waals surface area contributed by atoms with Crippen LogP contribution in [0.1, 0.15) is 11.1 Å². The zero-order valence-electron chi connectivity index (χ0n) is 15.5. The van der Waals surface area contributed by atoms with Crippen molar-refractivity contribution < 1.29 is 0 Å². The molecule has 3 aromatic heterocycles. The third-order valence-corrected chi connectivity index (χ3v) is 4.80. The molecule has 136 valence electrons. The molecule has 5 aromatic rings. The van der Waals surface area contributed by atoms with Crippen molar-refractivity contribution in [2.24, 2.45) is 0 Å². The number of aromatic nitrogens is 5. The highest BCUT2D eigenvalue weighted by molar-refractivity contribution is 5.93. The van der Waals surface area contributed by atoms with Crippen LogP contribution in [0.25, 0.3) is 33.6 Å². The zero-order chi connectivity index (χ0) is 19.3. The predicted octanol–water partition coefficient (Wildman–Crippen LogP) is 3.71. The van der Waals surface area contributed by atoms with Crippen molar-refractivity contribution in [2.75, 3.05) is 0 Å². The number of rotatable bonds is 2. The first-order valence-electron chi connectivity index (χ1n) is 9.01. The molecule has 0 spiro atoms. The van der Waals surface area contributed by atoms with E-state index in [0.29, 0.717) is 22.4 Å². The molecule has 0 aliphatic rings. The normalized spacial score (nSPS) is 11.4. The van der Waals surface area contributed by atoms with Gasteiger partial charge >= 0.3 is 0 Å². The highest BCUT2D eigenvalue weighted by Gasteiger charge is 2.17. The summed E-state index contributed by atoms with van der Waals surface area (Å²) < 4.78 is 3.30. The molecule has 0 bridgehead atoms. The molecule has 0 atom stereocenters. The average molecular weight is 367 g/mol. The molecule has 0 saturated heterocycles. The summed E-state index contributed by atoms with van der Waals surface area (Å²) in [6, 6.07) is 17.7. The molecule has 28 heavy (non-hydrogen) atoms. The summed E-state index contributed by atoms with van der Waals surface area (Å²) in [4.78, 5) is 22.3. The van der Waals surface area contributed by atoms with Crippen molar-refractivity contribution in [2.45, 2.75) is 13.8 Å². The summed E-state index contributed by atoms with van der Waals surface area (Å²) in [6.45, 7) is 4.05. The highest BCUT2D eigenvalue weighted by Crippen LogP contribution is 2.26. The lowest BCUT2D eigenvalue weighted by molar-refractivity contribution is 0.947. The fourth-order valence-electron chi connectivity index (χ4n) is 3.68. The summed E-state index contributed by atoms with van der Waals surface area (Å²) in [6.07, 6.45) is 3.23. The van der Waals surface area contributed by atoms with Gasteiger partial charge in [-0.3, -0.25) is 9.36 Å². The Bertz CT molecular complexity index is 1380. The number of pyridine rings is 1. The summed E-state index contributed by atoms with van der Waals surface area (Å²) in [5, 5.41) is 4.83. The first kappa shape index (κ1) is 16.4. The van der Waals surface area contributed by atoms with Gasteiger partial charge in [0.05, 0.1) is 16.6 Å². The molecule has 3 heterocycles. The van der Waals surface area contributed by atoms with Crippen LogP contribution in [0.2, 0.25) is 0 Å². The Kier molecular flexibility index (Phi) is 3.58. The lowest BCUT2D eigenvalue weighted by Crippen LogP contribution is -2.20. The Labute approximate surface area is 160 Å². The van der Waals surface area contributed by atoms with Crippen LogP contribution in [0.5, 0.6) is 0 Å². The number of hydrogen-bond acceptors (Lipinski definition) is 4. The number of benzene rings is 2. The van der Waals surface area contributed by atoms with Crippen molar-refractivity contribution >= 4 is 16.7 Å². The minimum absolute atomic E-state index is 0.133. The Morgan fingerprint density at radius 3 is 2.43 bits per heavy atom. The van der Waals surface area contributed by atoms with E-state index in [4.69, 9.17) is 0 Å². The summed E-state index contributed by atoms with van der Waals surface area (Å²) in [5.74, 6) is 0.468. The van der Waals surface area contributed by atoms with E-state index < -0.39 is 0 Å². The van der Waals surface area contributed by atoms with Gasteiger partial charge in [-0.05, 0) is 43.2 Å². The lowest BCUT2D eigenvalue weighted by Gasteiger charge is -2.12. The van der Waals surface area contributed by atoms with Crippen LogP contribution in [0.15, 0.2) is 71.9 Å². The van der Waals surface area contributed by atoms with Gasteiger partial charge in [-0.15, -0.1) is 0 Å². The van der Waals surface area contributed by atoms with Crippen LogP contribution in [-0.4, -0.2) is 24.1 Å². The van der Waals surface area contributed by atoms with Gasteiger partial charge < -0.3 is 0 Å². The van der Waals surface area contributed by atoms with Crippen LogP contribution in [0.3, 0.4) is 0 Å². The van der Waals surface area contributed by atoms with Gasteiger partial charge in [0.25, 0.3) is 11.3 Å². The summed E-state index contributed by atoms with van der Waals surface area (Å²) in [5.41, 5.74) is 5.10. The van der Waals surface area contributed by atoms with Gasteiger partial charge in [0.2, 0.25) is 0 Å². The van der Waals surface area contributed by atoms with E-state index in [1.807, 2.05) is 62.4 Å². The maximum Gasteiger partial charge on any atom is 0.266 e. The standard InChI is InChI=1S/C22H17N5O/c1-14-10-15(2)12-17(11-14)26-9-8-18-19(21(26)28)20(16-6-4-3-5-7-16)27-22(25-18)23-13-24-27/h3-13H,1-2H3.